The highest BCUT2D eigenvalue weighted by molar-refractivity contribution is 7.92. The van der Waals surface area contributed by atoms with Crippen LogP contribution in [0, 0.1) is 5.92 Å². The predicted octanol–water partition coefficient (Wildman–Crippen LogP) is 4.47. The summed E-state index contributed by atoms with van der Waals surface area (Å²) in [4.78, 5) is 27.7. The Morgan fingerprint density at radius 1 is 1.08 bits per heavy atom. The summed E-state index contributed by atoms with van der Waals surface area (Å²) in [7, 11) is -3.63. The molecule has 1 N–H and O–H groups in total. The molecule has 204 valence electrons. The van der Waals surface area contributed by atoms with Crippen LogP contribution in [0.5, 0.6) is 5.75 Å². The van der Waals surface area contributed by atoms with Crippen molar-refractivity contribution in [3.63, 3.8) is 0 Å². The molecule has 1 atom stereocenters. The molecule has 0 aliphatic heterocycles. The first-order chi connectivity index (χ1) is 17.4. The number of anilines is 1. The van der Waals surface area contributed by atoms with Gasteiger partial charge in [-0.15, -0.1) is 0 Å². The van der Waals surface area contributed by atoms with E-state index in [1.54, 1.807) is 49.4 Å². The van der Waals surface area contributed by atoms with Crippen LogP contribution in [0.25, 0.3) is 0 Å². The van der Waals surface area contributed by atoms with Crippen molar-refractivity contribution in [1.29, 1.82) is 0 Å². The van der Waals surface area contributed by atoms with Crippen LogP contribution in [-0.4, -0.2) is 57.1 Å². The fourth-order valence-corrected chi connectivity index (χ4v) is 4.97. The number of rotatable bonds is 14. The standard InChI is InChI=1S/C27H38ClN3O5S/c1-6-36-25-14-8-7-13-24(25)31(37(5,34)35)16-10-15-26(32)30(19-22-11-9-12-23(28)17-22)21(4)27(33)29-18-20(2)3/h7-9,11-14,17,20-21H,6,10,15-16,18-19H2,1-5H3,(H,29,33)/t21-/m0/s1. The zero-order chi connectivity index (χ0) is 27.6. The Bertz CT molecular complexity index is 1160. The van der Waals surface area contributed by atoms with Gasteiger partial charge in [0.1, 0.15) is 11.8 Å². The fourth-order valence-electron chi connectivity index (χ4n) is 3.79. The van der Waals surface area contributed by atoms with Crippen molar-refractivity contribution in [3.8, 4) is 5.75 Å². The lowest BCUT2D eigenvalue weighted by molar-refractivity contribution is -0.140. The lowest BCUT2D eigenvalue weighted by Gasteiger charge is -2.30. The van der Waals surface area contributed by atoms with Crippen LogP contribution < -0.4 is 14.4 Å². The van der Waals surface area contributed by atoms with E-state index in [0.717, 1.165) is 11.8 Å². The van der Waals surface area contributed by atoms with Gasteiger partial charge in [0.25, 0.3) is 0 Å². The number of carbonyl (C=O) groups excluding carboxylic acids is 2. The number of amides is 2. The van der Waals surface area contributed by atoms with Crippen LogP contribution in [0.3, 0.4) is 0 Å². The molecule has 2 aromatic carbocycles. The quantitative estimate of drug-likeness (QED) is 0.373. The topological polar surface area (TPSA) is 96.0 Å². The van der Waals surface area contributed by atoms with E-state index in [1.165, 1.54) is 9.21 Å². The average molecular weight is 552 g/mol. The van der Waals surface area contributed by atoms with Gasteiger partial charge in [0.05, 0.1) is 18.6 Å². The van der Waals surface area contributed by atoms with Gasteiger partial charge >= 0.3 is 0 Å². The van der Waals surface area contributed by atoms with Gasteiger partial charge in [-0.3, -0.25) is 13.9 Å². The molecule has 0 fully saturated rings. The molecule has 0 aliphatic rings. The molecule has 0 heterocycles. The van der Waals surface area contributed by atoms with Crippen molar-refractivity contribution in [1.82, 2.24) is 10.2 Å². The van der Waals surface area contributed by atoms with Crippen LogP contribution >= 0.6 is 11.6 Å². The normalized spacial score (nSPS) is 12.2. The molecule has 0 saturated heterocycles. The summed E-state index contributed by atoms with van der Waals surface area (Å²) in [6, 6.07) is 13.3. The third-order valence-electron chi connectivity index (χ3n) is 5.68. The zero-order valence-corrected chi connectivity index (χ0v) is 23.8. The molecule has 2 amide bonds. The van der Waals surface area contributed by atoms with Gasteiger partial charge in [-0.2, -0.15) is 0 Å². The van der Waals surface area contributed by atoms with Crippen LogP contribution in [0.2, 0.25) is 5.02 Å². The van der Waals surface area contributed by atoms with E-state index in [0.29, 0.717) is 29.6 Å². The number of hydrogen-bond donors (Lipinski definition) is 1. The molecular formula is C27H38ClN3O5S. The van der Waals surface area contributed by atoms with Crippen LogP contribution in [0.1, 0.15) is 46.1 Å². The molecule has 37 heavy (non-hydrogen) atoms. The molecule has 0 aliphatic carbocycles. The smallest absolute Gasteiger partial charge is 0.242 e. The Morgan fingerprint density at radius 2 is 1.78 bits per heavy atom. The molecule has 10 heteroatoms. The maximum atomic E-state index is 13.4. The molecule has 0 aromatic heterocycles. The first kappa shape index (κ1) is 30.4. The van der Waals surface area contributed by atoms with Crippen molar-refractivity contribution in [2.75, 3.05) is 30.3 Å². The lowest BCUT2D eigenvalue weighted by Crippen LogP contribution is -2.48. The van der Waals surface area contributed by atoms with E-state index >= 15 is 0 Å². The Kier molecular flexibility index (Phi) is 11.7. The maximum Gasteiger partial charge on any atom is 0.242 e. The van der Waals surface area contributed by atoms with Gasteiger partial charge in [-0.1, -0.05) is 49.7 Å². The van der Waals surface area contributed by atoms with Crippen molar-refractivity contribution in [2.24, 2.45) is 5.92 Å². The van der Waals surface area contributed by atoms with Crippen molar-refractivity contribution < 1.29 is 22.7 Å². The second kappa shape index (κ2) is 14.2. The monoisotopic (exact) mass is 551 g/mol. The SMILES string of the molecule is CCOc1ccccc1N(CCCC(=O)N(Cc1cccc(Cl)c1)[C@@H](C)C(=O)NCC(C)C)S(C)(=O)=O. The zero-order valence-electron chi connectivity index (χ0n) is 22.2. The number of benzene rings is 2. The second-order valence-corrected chi connectivity index (χ2v) is 11.6. The highest BCUT2D eigenvalue weighted by Crippen LogP contribution is 2.30. The first-order valence-corrected chi connectivity index (χ1v) is 14.7. The molecule has 0 bridgehead atoms. The molecule has 2 aromatic rings. The third kappa shape index (κ3) is 9.55. The average Bonchev–Trinajstić information content (AvgIpc) is 2.83. The van der Waals surface area contributed by atoms with Gasteiger partial charge < -0.3 is 15.0 Å². The van der Waals surface area contributed by atoms with Crippen LogP contribution in [0.4, 0.5) is 5.69 Å². The third-order valence-corrected chi connectivity index (χ3v) is 7.09. The minimum absolute atomic E-state index is 0.0607. The Hall–Kier alpha value is -2.78. The number of sulfonamides is 1. The fraction of sp³-hybridized carbons (Fsp3) is 0.481. The van der Waals surface area contributed by atoms with Crippen molar-refractivity contribution >= 4 is 39.1 Å². The highest BCUT2D eigenvalue weighted by Gasteiger charge is 2.27. The largest absolute Gasteiger partial charge is 0.492 e. The van der Waals surface area contributed by atoms with E-state index in [-0.39, 0.29) is 43.7 Å². The van der Waals surface area contributed by atoms with Crippen LogP contribution in [-0.2, 0) is 26.2 Å². The Balaban J connectivity index is 2.20. The Labute approximate surface area is 226 Å². The number of carbonyl (C=O) groups is 2. The molecule has 0 spiro atoms. The summed E-state index contributed by atoms with van der Waals surface area (Å²) < 4.78 is 32.1. The van der Waals surface area contributed by atoms with Crippen molar-refractivity contribution in [3.05, 3.63) is 59.1 Å². The van der Waals surface area contributed by atoms with Gasteiger partial charge in [-0.25, -0.2) is 8.42 Å². The Morgan fingerprint density at radius 3 is 2.41 bits per heavy atom. The summed E-state index contributed by atoms with van der Waals surface area (Å²) in [6.07, 6.45) is 1.45. The van der Waals surface area contributed by atoms with Gasteiger partial charge in [0, 0.05) is 31.1 Å². The molecule has 2 rings (SSSR count). The van der Waals surface area contributed by atoms with E-state index in [9.17, 15) is 18.0 Å². The second-order valence-electron chi connectivity index (χ2n) is 9.31. The molecule has 0 saturated carbocycles. The predicted molar refractivity (Wildman–Crippen MR) is 148 cm³/mol. The van der Waals surface area contributed by atoms with Gasteiger partial charge in [0.15, 0.2) is 0 Å². The number of ether oxygens (including phenoxy) is 1. The first-order valence-electron chi connectivity index (χ1n) is 12.4. The summed E-state index contributed by atoms with van der Waals surface area (Å²) in [5.74, 6) is 0.237. The van der Waals surface area contributed by atoms with Gasteiger partial charge in [-0.05, 0) is 56.0 Å². The van der Waals surface area contributed by atoms with E-state index in [1.807, 2.05) is 26.8 Å². The maximum absolute atomic E-state index is 13.4. The van der Waals surface area contributed by atoms with Crippen molar-refractivity contribution in [2.45, 2.75) is 53.1 Å². The molecule has 0 radical (unpaired) electrons. The summed E-state index contributed by atoms with van der Waals surface area (Å²) in [6.45, 7) is 8.71. The number of para-hydroxylation sites is 2. The molecular weight excluding hydrogens is 514 g/mol. The molecule has 0 unspecified atom stereocenters. The number of nitrogens with one attached hydrogen (secondary N) is 1. The number of nitrogens with zero attached hydrogens (tertiary/aromatic N) is 2. The van der Waals surface area contributed by atoms with Crippen LogP contribution in [0.15, 0.2) is 48.5 Å². The van der Waals surface area contributed by atoms with E-state index in [4.69, 9.17) is 16.3 Å². The summed E-state index contributed by atoms with van der Waals surface area (Å²) in [5.41, 5.74) is 1.23. The van der Waals surface area contributed by atoms with E-state index in [2.05, 4.69) is 5.32 Å². The number of halogens is 1. The lowest BCUT2D eigenvalue weighted by atomic mass is 10.1. The summed E-state index contributed by atoms with van der Waals surface area (Å²) in [5, 5.41) is 3.43. The highest BCUT2D eigenvalue weighted by atomic mass is 35.5. The van der Waals surface area contributed by atoms with Gasteiger partial charge in [0.2, 0.25) is 21.8 Å². The minimum atomic E-state index is -3.63. The minimum Gasteiger partial charge on any atom is -0.492 e. The van der Waals surface area contributed by atoms with E-state index < -0.39 is 16.1 Å². The summed E-state index contributed by atoms with van der Waals surface area (Å²) >= 11 is 6.13. The molecule has 8 nitrogen and oxygen atoms in total. The number of hydrogen-bond acceptors (Lipinski definition) is 5.